The van der Waals surface area contributed by atoms with Crippen molar-refractivity contribution in [1.29, 1.82) is 0 Å². The minimum atomic E-state index is -0.0883. The third-order valence-electron chi connectivity index (χ3n) is 6.82. The first-order valence-corrected chi connectivity index (χ1v) is 12.2. The summed E-state index contributed by atoms with van der Waals surface area (Å²) in [5.74, 6) is 0.818. The number of amides is 1. The fraction of sp³-hybridized carbons (Fsp3) is 0.423. The SMILES string of the molecule is CCNC(=O)c1ccc(N2CCN(Cc3cc(C)c4c5c(c(=O)[nH]c4c3)CCCN5)CC2)nc1. The Labute approximate surface area is 199 Å². The highest BCUT2D eigenvalue weighted by atomic mass is 16.1. The third-order valence-corrected chi connectivity index (χ3v) is 6.82. The number of anilines is 2. The van der Waals surface area contributed by atoms with E-state index in [9.17, 15) is 9.59 Å². The first kappa shape index (κ1) is 22.4. The summed E-state index contributed by atoms with van der Waals surface area (Å²) < 4.78 is 0. The molecule has 0 aliphatic carbocycles. The van der Waals surface area contributed by atoms with E-state index in [1.54, 1.807) is 6.20 Å². The molecule has 1 amide bonds. The summed E-state index contributed by atoms with van der Waals surface area (Å²) >= 11 is 0. The van der Waals surface area contributed by atoms with Gasteiger partial charge in [-0.15, -0.1) is 0 Å². The fourth-order valence-corrected chi connectivity index (χ4v) is 5.12. The summed E-state index contributed by atoms with van der Waals surface area (Å²) in [5.41, 5.74) is 5.87. The molecule has 3 aromatic rings. The van der Waals surface area contributed by atoms with Gasteiger partial charge in [0.05, 0.1) is 16.8 Å². The van der Waals surface area contributed by atoms with Crippen molar-refractivity contribution in [2.75, 3.05) is 49.5 Å². The summed E-state index contributed by atoms with van der Waals surface area (Å²) in [7, 11) is 0. The van der Waals surface area contributed by atoms with E-state index in [4.69, 9.17) is 0 Å². The second-order valence-corrected chi connectivity index (χ2v) is 9.20. The zero-order valence-corrected chi connectivity index (χ0v) is 19.9. The van der Waals surface area contributed by atoms with Gasteiger partial charge < -0.3 is 20.5 Å². The summed E-state index contributed by atoms with van der Waals surface area (Å²) in [6.07, 6.45) is 3.49. The van der Waals surface area contributed by atoms with Crippen molar-refractivity contribution < 1.29 is 4.79 Å². The van der Waals surface area contributed by atoms with Crippen LogP contribution >= 0.6 is 0 Å². The number of pyridine rings is 2. The molecule has 0 unspecified atom stereocenters. The van der Waals surface area contributed by atoms with E-state index in [1.165, 1.54) is 11.1 Å². The molecule has 0 radical (unpaired) electrons. The number of aromatic nitrogens is 2. The number of H-pyrrole nitrogens is 1. The predicted octanol–water partition coefficient (Wildman–Crippen LogP) is 2.66. The maximum absolute atomic E-state index is 12.6. The quantitative estimate of drug-likeness (QED) is 0.542. The lowest BCUT2D eigenvalue weighted by Crippen LogP contribution is -2.46. The molecular weight excluding hydrogens is 428 g/mol. The van der Waals surface area contributed by atoms with Crippen LogP contribution in [-0.2, 0) is 13.0 Å². The number of benzene rings is 1. The maximum Gasteiger partial charge on any atom is 0.253 e. The average Bonchev–Trinajstić information content (AvgIpc) is 2.85. The van der Waals surface area contributed by atoms with Crippen molar-refractivity contribution in [3.05, 3.63) is 63.1 Å². The number of fused-ring (bicyclic) bond motifs is 3. The molecule has 5 rings (SSSR count). The van der Waals surface area contributed by atoms with E-state index in [1.807, 2.05) is 19.1 Å². The lowest BCUT2D eigenvalue weighted by Gasteiger charge is -2.35. The third kappa shape index (κ3) is 4.37. The summed E-state index contributed by atoms with van der Waals surface area (Å²) in [5, 5.41) is 7.40. The fourth-order valence-electron chi connectivity index (χ4n) is 5.12. The number of hydrogen-bond donors (Lipinski definition) is 3. The molecule has 0 spiro atoms. The Kier molecular flexibility index (Phi) is 6.24. The van der Waals surface area contributed by atoms with Crippen LogP contribution in [-0.4, -0.2) is 60.0 Å². The van der Waals surface area contributed by atoms with Crippen molar-refractivity contribution in [3.8, 4) is 0 Å². The lowest BCUT2D eigenvalue weighted by atomic mass is 9.97. The Morgan fingerprint density at radius 2 is 2.00 bits per heavy atom. The van der Waals surface area contributed by atoms with Gasteiger partial charge in [0.1, 0.15) is 5.82 Å². The zero-order chi connectivity index (χ0) is 23.7. The van der Waals surface area contributed by atoms with Gasteiger partial charge in [0.2, 0.25) is 0 Å². The van der Waals surface area contributed by atoms with Crippen molar-refractivity contribution in [2.45, 2.75) is 33.2 Å². The van der Waals surface area contributed by atoms with Crippen LogP contribution in [0.15, 0.2) is 35.3 Å². The monoisotopic (exact) mass is 460 g/mol. The molecule has 34 heavy (non-hydrogen) atoms. The number of aromatic amines is 1. The topological polar surface area (TPSA) is 93.4 Å². The van der Waals surface area contributed by atoms with Crippen LogP contribution in [0.4, 0.5) is 11.5 Å². The molecule has 1 saturated heterocycles. The van der Waals surface area contributed by atoms with E-state index in [0.29, 0.717) is 12.1 Å². The van der Waals surface area contributed by atoms with Crippen LogP contribution in [0.3, 0.4) is 0 Å². The number of nitrogens with one attached hydrogen (secondary N) is 3. The van der Waals surface area contributed by atoms with Gasteiger partial charge >= 0.3 is 0 Å². The number of aryl methyl sites for hydroxylation is 1. The first-order valence-electron chi connectivity index (χ1n) is 12.2. The highest BCUT2D eigenvalue weighted by Gasteiger charge is 2.21. The maximum atomic E-state index is 12.6. The Balaban J connectivity index is 1.26. The number of piperazine rings is 1. The Hall–Kier alpha value is -3.39. The summed E-state index contributed by atoms with van der Waals surface area (Å²) in [6.45, 7) is 10.0. The van der Waals surface area contributed by atoms with Gasteiger partial charge in [-0.25, -0.2) is 4.98 Å². The van der Waals surface area contributed by atoms with E-state index in [2.05, 4.69) is 49.5 Å². The highest BCUT2D eigenvalue weighted by Crippen LogP contribution is 2.31. The molecule has 8 nitrogen and oxygen atoms in total. The molecular formula is C26H32N6O2. The largest absolute Gasteiger partial charge is 0.384 e. The van der Waals surface area contributed by atoms with Crippen LogP contribution in [0.2, 0.25) is 0 Å². The van der Waals surface area contributed by atoms with Gasteiger partial charge in [-0.2, -0.15) is 0 Å². The first-order chi connectivity index (χ1) is 16.5. The second kappa shape index (κ2) is 9.46. The average molecular weight is 461 g/mol. The normalized spacial score (nSPS) is 16.2. The van der Waals surface area contributed by atoms with Gasteiger partial charge in [-0.1, -0.05) is 6.07 Å². The minimum Gasteiger partial charge on any atom is -0.384 e. The molecule has 0 bridgehead atoms. The van der Waals surface area contributed by atoms with E-state index < -0.39 is 0 Å². The van der Waals surface area contributed by atoms with Crippen LogP contribution in [0.1, 0.15) is 40.4 Å². The molecule has 1 aromatic carbocycles. The number of carbonyl (C=O) groups is 1. The predicted molar refractivity (Wildman–Crippen MR) is 136 cm³/mol. The van der Waals surface area contributed by atoms with Gasteiger partial charge in [-0.05, 0) is 56.0 Å². The Morgan fingerprint density at radius 3 is 2.74 bits per heavy atom. The van der Waals surface area contributed by atoms with Crippen molar-refractivity contribution in [1.82, 2.24) is 20.2 Å². The van der Waals surface area contributed by atoms with Crippen LogP contribution in [0.5, 0.6) is 0 Å². The van der Waals surface area contributed by atoms with Gasteiger partial charge in [-0.3, -0.25) is 14.5 Å². The summed E-state index contributed by atoms with van der Waals surface area (Å²) in [6, 6.07) is 8.16. The molecule has 0 atom stereocenters. The van der Waals surface area contributed by atoms with E-state index >= 15 is 0 Å². The van der Waals surface area contributed by atoms with E-state index in [-0.39, 0.29) is 11.5 Å². The molecule has 3 N–H and O–H groups in total. The van der Waals surface area contributed by atoms with Crippen molar-refractivity contribution in [3.63, 3.8) is 0 Å². The molecule has 0 saturated carbocycles. The van der Waals surface area contributed by atoms with Gasteiger partial charge in [0.15, 0.2) is 0 Å². The number of nitrogens with zero attached hydrogens (tertiary/aromatic N) is 3. The molecule has 8 heteroatoms. The zero-order valence-electron chi connectivity index (χ0n) is 19.9. The Morgan fingerprint density at radius 1 is 1.18 bits per heavy atom. The molecule has 1 fully saturated rings. The number of hydrogen-bond acceptors (Lipinski definition) is 6. The minimum absolute atomic E-state index is 0.0329. The molecule has 178 valence electrons. The van der Waals surface area contributed by atoms with Crippen LogP contribution in [0.25, 0.3) is 10.9 Å². The van der Waals surface area contributed by atoms with Gasteiger partial charge in [0, 0.05) is 63.0 Å². The summed E-state index contributed by atoms with van der Waals surface area (Å²) in [4.78, 5) is 36.9. The number of rotatable bonds is 5. The van der Waals surface area contributed by atoms with Crippen molar-refractivity contribution in [2.24, 2.45) is 0 Å². The molecule has 4 heterocycles. The smallest absolute Gasteiger partial charge is 0.253 e. The molecule has 2 aromatic heterocycles. The Bertz CT molecular complexity index is 1260. The van der Waals surface area contributed by atoms with Crippen LogP contribution < -0.4 is 21.1 Å². The second-order valence-electron chi connectivity index (χ2n) is 9.20. The lowest BCUT2D eigenvalue weighted by molar-refractivity contribution is 0.0955. The van der Waals surface area contributed by atoms with E-state index in [0.717, 1.165) is 80.1 Å². The molecule has 2 aliphatic heterocycles. The highest BCUT2D eigenvalue weighted by molar-refractivity contribution is 5.96. The standard InChI is InChI=1S/C26H32N6O2/c1-3-27-25(33)19-6-7-22(29-15-19)32-11-9-31(10-12-32)16-18-13-17(2)23-21(14-18)30-26(34)20-5-4-8-28-24(20)23/h6-7,13-15,28H,3-5,8-12,16H2,1-2H3,(H,27,33)(H,30,34). The van der Waals surface area contributed by atoms with Crippen LogP contribution in [0, 0.1) is 6.92 Å². The van der Waals surface area contributed by atoms with Crippen molar-refractivity contribution >= 4 is 28.3 Å². The van der Waals surface area contributed by atoms with Gasteiger partial charge in [0.25, 0.3) is 11.5 Å². The molecule has 2 aliphatic rings. The number of carbonyl (C=O) groups excluding carboxylic acids is 1.